The van der Waals surface area contributed by atoms with Gasteiger partial charge in [0.25, 0.3) is 0 Å². The number of alkyl halides is 4. The highest BCUT2D eigenvalue weighted by Gasteiger charge is 2.32. The molecule has 1 fully saturated rings. The Labute approximate surface area is 223 Å². The first-order valence-corrected chi connectivity index (χ1v) is 12.8. The second-order valence-corrected chi connectivity index (χ2v) is 11.0. The molecular formula is C26H32F4N8O. The predicted molar refractivity (Wildman–Crippen MR) is 140 cm³/mol. The zero-order valence-electron chi connectivity index (χ0n) is 22.3. The van der Waals surface area contributed by atoms with Crippen molar-refractivity contribution in [3.63, 3.8) is 0 Å². The normalized spacial score (nSPS) is 19.1. The molecule has 0 aliphatic carbocycles. The van der Waals surface area contributed by atoms with E-state index in [2.05, 4.69) is 25.9 Å². The van der Waals surface area contributed by atoms with Gasteiger partial charge in [-0.05, 0) is 52.4 Å². The molecule has 1 aromatic carbocycles. The lowest BCUT2D eigenvalue weighted by atomic mass is 10.0. The van der Waals surface area contributed by atoms with Gasteiger partial charge in [-0.3, -0.25) is 0 Å². The van der Waals surface area contributed by atoms with E-state index in [9.17, 15) is 17.6 Å². The van der Waals surface area contributed by atoms with Crippen LogP contribution < -0.4 is 10.6 Å². The van der Waals surface area contributed by atoms with E-state index in [1.54, 1.807) is 30.5 Å². The first-order valence-electron chi connectivity index (χ1n) is 12.8. The second-order valence-electron chi connectivity index (χ2n) is 11.0. The van der Waals surface area contributed by atoms with E-state index < -0.39 is 24.9 Å². The molecule has 0 saturated carbocycles. The van der Waals surface area contributed by atoms with Crippen molar-refractivity contribution in [1.82, 2.24) is 29.4 Å². The third-order valence-corrected chi connectivity index (χ3v) is 6.76. The third-order valence-electron chi connectivity index (χ3n) is 6.76. The fraction of sp³-hybridized carbons (Fsp3) is 0.500. The molecule has 2 N–H and O–H groups in total. The van der Waals surface area contributed by atoms with Crippen molar-refractivity contribution >= 4 is 22.4 Å². The summed E-state index contributed by atoms with van der Waals surface area (Å²) >= 11 is 0. The second kappa shape index (κ2) is 10.2. The van der Waals surface area contributed by atoms with Crippen LogP contribution in [0, 0.1) is 0 Å². The monoisotopic (exact) mass is 548 g/mol. The Morgan fingerprint density at radius 3 is 2.67 bits per heavy atom. The van der Waals surface area contributed by atoms with Crippen LogP contribution in [0.2, 0.25) is 0 Å². The van der Waals surface area contributed by atoms with Crippen LogP contribution in [0.4, 0.5) is 29.1 Å². The number of nitrogens with zero attached hydrogens (tertiary/aromatic N) is 6. The molecule has 1 saturated heterocycles. The van der Waals surface area contributed by atoms with E-state index in [1.807, 2.05) is 43.5 Å². The number of aromatic nitrogens is 5. The van der Waals surface area contributed by atoms with Gasteiger partial charge in [0.2, 0.25) is 11.7 Å². The molecule has 3 aromatic heterocycles. The van der Waals surface area contributed by atoms with Gasteiger partial charge in [0.15, 0.2) is 0 Å². The quantitative estimate of drug-likeness (QED) is 0.304. The Kier molecular flexibility index (Phi) is 7.04. The molecule has 39 heavy (non-hydrogen) atoms. The van der Waals surface area contributed by atoms with Crippen molar-refractivity contribution in [2.75, 3.05) is 30.8 Å². The van der Waals surface area contributed by atoms with Crippen molar-refractivity contribution < 1.29 is 22.1 Å². The number of hydrogen-bond acceptors (Lipinski definition) is 7. The summed E-state index contributed by atoms with van der Waals surface area (Å²) in [6.07, 6.45) is -3.33. The molecule has 1 aliphatic heterocycles. The van der Waals surface area contributed by atoms with Crippen LogP contribution in [-0.4, -0.2) is 67.9 Å². The van der Waals surface area contributed by atoms with Gasteiger partial charge in [-0.15, -0.1) is 0 Å². The largest absolute Gasteiger partial charge is 0.406 e. The third kappa shape index (κ3) is 5.87. The van der Waals surface area contributed by atoms with Crippen molar-refractivity contribution in [1.29, 1.82) is 0 Å². The molecule has 0 bridgehead atoms. The molecule has 0 unspecified atom stereocenters. The lowest BCUT2D eigenvalue weighted by Gasteiger charge is -2.33. The van der Waals surface area contributed by atoms with Gasteiger partial charge in [0.05, 0.1) is 35.5 Å². The van der Waals surface area contributed by atoms with Crippen LogP contribution in [0.15, 0.2) is 41.1 Å². The minimum atomic E-state index is -4.48. The highest BCUT2D eigenvalue weighted by Crippen LogP contribution is 2.35. The van der Waals surface area contributed by atoms with Gasteiger partial charge >= 0.3 is 6.18 Å². The Bertz CT molecular complexity index is 1430. The number of rotatable bonds is 7. The molecule has 9 nitrogen and oxygen atoms in total. The zero-order valence-corrected chi connectivity index (χ0v) is 22.3. The van der Waals surface area contributed by atoms with Crippen molar-refractivity contribution in [2.45, 2.75) is 64.2 Å². The predicted octanol–water partition coefficient (Wildman–Crippen LogP) is 5.27. The molecule has 0 radical (unpaired) electrons. The van der Waals surface area contributed by atoms with Crippen LogP contribution in [-0.2, 0) is 18.6 Å². The Balaban J connectivity index is 1.45. The van der Waals surface area contributed by atoms with Gasteiger partial charge < -0.3 is 24.6 Å². The number of likely N-dealkylation sites (tertiary alicyclic amines) is 1. The molecular weight excluding hydrogens is 516 g/mol. The Morgan fingerprint density at radius 1 is 1.15 bits per heavy atom. The maximum atomic E-state index is 14.7. The summed E-state index contributed by atoms with van der Waals surface area (Å²) in [5.74, 6) is 0.981. The average Bonchev–Trinajstić information content (AvgIpc) is 3.57. The van der Waals surface area contributed by atoms with Crippen molar-refractivity contribution in [3.05, 3.63) is 42.4 Å². The number of nitrogens with one attached hydrogen (secondary N) is 2. The summed E-state index contributed by atoms with van der Waals surface area (Å²) in [6.45, 7) is 5.99. The standard InChI is InChI=1S/C26H32F4N8O/c1-25(2,3)38-22(8-10-32-38)31-13-23-34-24(35-39-23)21-12-16-18(33-19-9-11-36(4)14-17(19)27)6-5-7-20(16)37(21)15-26(28,29)30/h5-8,10,12,17,19,31,33H,9,11,13-15H2,1-4H3/t17-,19+/m0/s1. The van der Waals surface area contributed by atoms with Gasteiger partial charge in [0.1, 0.15) is 18.5 Å². The van der Waals surface area contributed by atoms with Gasteiger partial charge in [0, 0.05) is 30.2 Å². The number of piperidine rings is 1. The van der Waals surface area contributed by atoms with Crippen LogP contribution in [0.3, 0.4) is 0 Å². The van der Waals surface area contributed by atoms with Crippen LogP contribution >= 0.6 is 0 Å². The lowest BCUT2D eigenvalue weighted by molar-refractivity contribution is -0.139. The number of fused-ring (bicyclic) bond motifs is 1. The first kappa shape index (κ1) is 27.0. The van der Waals surface area contributed by atoms with Gasteiger partial charge in [-0.1, -0.05) is 11.2 Å². The highest BCUT2D eigenvalue weighted by molar-refractivity contribution is 5.96. The first-order chi connectivity index (χ1) is 18.4. The number of anilines is 2. The topological polar surface area (TPSA) is 89.0 Å². The number of halogens is 4. The minimum absolute atomic E-state index is 0.0326. The van der Waals surface area contributed by atoms with E-state index in [-0.39, 0.29) is 29.5 Å². The molecule has 13 heteroatoms. The maximum Gasteiger partial charge on any atom is 0.406 e. The fourth-order valence-electron chi connectivity index (χ4n) is 4.93. The van der Waals surface area contributed by atoms with E-state index >= 15 is 0 Å². The molecule has 4 heterocycles. The minimum Gasteiger partial charge on any atom is -0.379 e. The van der Waals surface area contributed by atoms with Crippen LogP contribution in [0.25, 0.3) is 22.4 Å². The molecule has 1 aliphatic rings. The Morgan fingerprint density at radius 2 is 1.95 bits per heavy atom. The lowest BCUT2D eigenvalue weighted by Crippen LogP contribution is -2.46. The van der Waals surface area contributed by atoms with Crippen LogP contribution in [0.5, 0.6) is 0 Å². The summed E-state index contributed by atoms with van der Waals surface area (Å²) in [7, 11) is 1.86. The molecule has 2 atom stereocenters. The maximum absolute atomic E-state index is 14.7. The van der Waals surface area contributed by atoms with Gasteiger partial charge in [-0.25, -0.2) is 9.07 Å². The zero-order chi connectivity index (χ0) is 27.9. The molecule has 4 aromatic rings. The smallest absolute Gasteiger partial charge is 0.379 e. The fourth-order valence-corrected chi connectivity index (χ4v) is 4.93. The van der Waals surface area contributed by atoms with Crippen molar-refractivity contribution in [3.8, 4) is 11.5 Å². The van der Waals surface area contributed by atoms with Crippen LogP contribution in [0.1, 0.15) is 33.1 Å². The number of benzene rings is 1. The van der Waals surface area contributed by atoms with E-state index in [1.165, 1.54) is 0 Å². The summed E-state index contributed by atoms with van der Waals surface area (Å²) in [5, 5.41) is 15.3. The number of hydrogen-bond donors (Lipinski definition) is 2. The van der Waals surface area contributed by atoms with Crippen molar-refractivity contribution in [2.24, 2.45) is 0 Å². The summed E-state index contributed by atoms with van der Waals surface area (Å²) < 4.78 is 64.0. The van der Waals surface area contributed by atoms with E-state index in [0.717, 1.165) is 16.9 Å². The molecule has 0 amide bonds. The van der Waals surface area contributed by atoms with Gasteiger partial charge in [-0.2, -0.15) is 23.3 Å². The Hall–Kier alpha value is -3.61. The average molecular weight is 549 g/mol. The van der Waals surface area contributed by atoms with E-state index in [0.29, 0.717) is 29.6 Å². The van der Waals surface area contributed by atoms with E-state index in [4.69, 9.17) is 4.52 Å². The molecule has 5 rings (SSSR count). The highest BCUT2D eigenvalue weighted by atomic mass is 19.4. The molecule has 0 spiro atoms. The summed E-state index contributed by atoms with van der Waals surface area (Å²) in [5.41, 5.74) is 0.805. The SMILES string of the molecule is CN1CC[C@@H](Nc2cccc3c2cc(-c2noc(CNc4ccnn4C(C)(C)C)n2)n3CC(F)(F)F)[C@@H](F)C1. The molecule has 210 valence electrons. The summed E-state index contributed by atoms with van der Waals surface area (Å²) in [4.78, 5) is 6.30. The summed E-state index contributed by atoms with van der Waals surface area (Å²) in [6, 6.07) is 7.98.